The summed E-state index contributed by atoms with van der Waals surface area (Å²) in [7, 11) is 0. The number of ether oxygens (including phenoxy) is 2. The zero-order valence-electron chi connectivity index (χ0n) is 17.2. The van der Waals surface area contributed by atoms with Gasteiger partial charge < -0.3 is 29.5 Å². The molecule has 2 aliphatic heterocycles. The minimum atomic E-state index is -0.238. The van der Waals surface area contributed by atoms with E-state index >= 15 is 0 Å². The van der Waals surface area contributed by atoms with Crippen LogP contribution in [0.5, 0.6) is 5.75 Å². The maximum atomic E-state index is 9.88. The molecule has 9 heteroatoms. The SMILES string of the molecule is OCc1cc(-c2ccc3c(N4CCOCC4)nc(N4CCOCC4)nc3n2)ccc1O. The van der Waals surface area contributed by atoms with Crippen LogP contribution in [0.15, 0.2) is 30.3 Å². The van der Waals surface area contributed by atoms with E-state index in [-0.39, 0.29) is 12.4 Å². The van der Waals surface area contributed by atoms with E-state index in [2.05, 4.69) is 9.80 Å². The molecule has 2 fully saturated rings. The molecule has 0 aliphatic carbocycles. The van der Waals surface area contributed by atoms with Gasteiger partial charge in [0.2, 0.25) is 5.95 Å². The number of hydrogen-bond donors (Lipinski definition) is 2. The van der Waals surface area contributed by atoms with Gasteiger partial charge in [0.15, 0.2) is 5.65 Å². The van der Waals surface area contributed by atoms with Crippen LogP contribution in [-0.4, -0.2) is 77.8 Å². The molecule has 0 saturated carbocycles. The van der Waals surface area contributed by atoms with E-state index in [0.29, 0.717) is 43.6 Å². The molecule has 2 aromatic heterocycles. The lowest BCUT2D eigenvalue weighted by Crippen LogP contribution is -2.39. The molecule has 0 spiro atoms. The molecular formula is C22H25N5O4. The number of rotatable bonds is 4. The molecule has 162 valence electrons. The van der Waals surface area contributed by atoms with Crippen molar-refractivity contribution in [1.82, 2.24) is 15.0 Å². The first-order valence-corrected chi connectivity index (χ1v) is 10.5. The molecule has 2 aliphatic rings. The molecule has 3 aromatic rings. The first-order valence-electron chi connectivity index (χ1n) is 10.5. The van der Waals surface area contributed by atoms with Gasteiger partial charge in [-0.3, -0.25) is 0 Å². The Hall–Kier alpha value is -3.01. The highest BCUT2D eigenvalue weighted by Gasteiger charge is 2.22. The molecule has 9 nitrogen and oxygen atoms in total. The number of aromatic nitrogens is 3. The predicted octanol–water partition coefficient (Wildman–Crippen LogP) is 1.56. The Labute approximate surface area is 179 Å². The topological polar surface area (TPSA) is 104 Å². The van der Waals surface area contributed by atoms with E-state index in [9.17, 15) is 10.2 Å². The average Bonchev–Trinajstić information content (AvgIpc) is 2.84. The van der Waals surface area contributed by atoms with Crippen molar-refractivity contribution in [3.8, 4) is 17.0 Å². The van der Waals surface area contributed by atoms with Crippen molar-refractivity contribution in [3.05, 3.63) is 35.9 Å². The fourth-order valence-corrected chi connectivity index (χ4v) is 3.94. The largest absolute Gasteiger partial charge is 0.508 e. The van der Waals surface area contributed by atoms with Crippen LogP contribution in [0.3, 0.4) is 0 Å². The van der Waals surface area contributed by atoms with Crippen molar-refractivity contribution >= 4 is 22.8 Å². The molecule has 2 N–H and O–H groups in total. The van der Waals surface area contributed by atoms with Gasteiger partial charge >= 0.3 is 0 Å². The van der Waals surface area contributed by atoms with Crippen LogP contribution in [0, 0.1) is 0 Å². The van der Waals surface area contributed by atoms with Gasteiger partial charge in [-0.05, 0) is 30.3 Å². The number of aromatic hydroxyl groups is 1. The zero-order valence-corrected chi connectivity index (χ0v) is 17.2. The zero-order chi connectivity index (χ0) is 21.2. The lowest BCUT2D eigenvalue weighted by molar-refractivity contribution is 0.121. The molecular weight excluding hydrogens is 398 g/mol. The van der Waals surface area contributed by atoms with Crippen LogP contribution in [0.1, 0.15) is 5.56 Å². The minimum Gasteiger partial charge on any atom is -0.508 e. The van der Waals surface area contributed by atoms with Gasteiger partial charge in [0.05, 0.1) is 44.1 Å². The molecule has 0 unspecified atom stereocenters. The fraction of sp³-hybridized carbons (Fsp3) is 0.409. The van der Waals surface area contributed by atoms with E-state index in [4.69, 9.17) is 24.4 Å². The van der Waals surface area contributed by atoms with Gasteiger partial charge in [-0.1, -0.05) is 0 Å². The number of aliphatic hydroxyl groups is 1. The molecule has 2 saturated heterocycles. The van der Waals surface area contributed by atoms with Crippen LogP contribution in [0.2, 0.25) is 0 Å². The Morgan fingerprint density at radius 3 is 2.26 bits per heavy atom. The fourth-order valence-electron chi connectivity index (χ4n) is 3.94. The monoisotopic (exact) mass is 423 g/mol. The summed E-state index contributed by atoms with van der Waals surface area (Å²) in [6.07, 6.45) is 0. The smallest absolute Gasteiger partial charge is 0.229 e. The third-order valence-electron chi connectivity index (χ3n) is 5.68. The van der Waals surface area contributed by atoms with Crippen molar-refractivity contribution in [2.45, 2.75) is 6.61 Å². The molecule has 0 atom stereocenters. The first kappa shape index (κ1) is 19.9. The summed E-state index contributed by atoms with van der Waals surface area (Å²) in [5.41, 5.74) is 2.61. The lowest BCUT2D eigenvalue weighted by Gasteiger charge is -2.31. The number of benzene rings is 1. The molecule has 0 amide bonds. The second kappa shape index (κ2) is 8.62. The molecule has 0 radical (unpaired) electrons. The van der Waals surface area contributed by atoms with Crippen molar-refractivity contribution < 1.29 is 19.7 Å². The van der Waals surface area contributed by atoms with Gasteiger partial charge in [0, 0.05) is 37.3 Å². The maximum absolute atomic E-state index is 9.88. The molecule has 4 heterocycles. The van der Waals surface area contributed by atoms with E-state index in [1.165, 1.54) is 0 Å². The maximum Gasteiger partial charge on any atom is 0.229 e. The van der Waals surface area contributed by atoms with Gasteiger partial charge in [0.1, 0.15) is 11.6 Å². The summed E-state index contributed by atoms with van der Waals surface area (Å²) in [6.45, 7) is 5.43. The summed E-state index contributed by atoms with van der Waals surface area (Å²) in [4.78, 5) is 18.9. The van der Waals surface area contributed by atoms with Gasteiger partial charge in [0.25, 0.3) is 0 Å². The summed E-state index contributed by atoms with van der Waals surface area (Å²) >= 11 is 0. The summed E-state index contributed by atoms with van der Waals surface area (Å²) in [5, 5.41) is 20.3. The molecule has 1 aromatic carbocycles. The number of fused-ring (bicyclic) bond motifs is 1. The standard InChI is InChI=1S/C22H25N5O4/c28-14-16-13-15(1-4-19(16)29)18-3-2-17-20(23-18)24-22(27-7-11-31-12-8-27)25-21(17)26-5-9-30-10-6-26/h1-4,13,28-29H,5-12,14H2. The normalized spacial score (nSPS) is 17.3. The number of aliphatic hydroxyl groups excluding tert-OH is 1. The predicted molar refractivity (Wildman–Crippen MR) is 116 cm³/mol. The van der Waals surface area contributed by atoms with Crippen molar-refractivity contribution in [1.29, 1.82) is 0 Å². The van der Waals surface area contributed by atoms with Crippen LogP contribution in [0.25, 0.3) is 22.3 Å². The second-order valence-corrected chi connectivity index (χ2v) is 7.62. The van der Waals surface area contributed by atoms with E-state index in [0.717, 1.165) is 48.6 Å². The lowest BCUT2D eigenvalue weighted by atomic mass is 10.1. The number of pyridine rings is 1. The Morgan fingerprint density at radius 1 is 0.839 bits per heavy atom. The van der Waals surface area contributed by atoms with Gasteiger partial charge in [-0.2, -0.15) is 9.97 Å². The number of anilines is 2. The third kappa shape index (κ3) is 3.99. The van der Waals surface area contributed by atoms with E-state index in [1.807, 2.05) is 12.1 Å². The van der Waals surface area contributed by atoms with Crippen LogP contribution < -0.4 is 9.80 Å². The Balaban J connectivity index is 1.61. The number of nitrogens with zero attached hydrogens (tertiary/aromatic N) is 5. The molecule has 5 rings (SSSR count). The Morgan fingerprint density at radius 2 is 1.55 bits per heavy atom. The minimum absolute atomic E-state index is 0.0681. The van der Waals surface area contributed by atoms with Crippen LogP contribution in [-0.2, 0) is 16.1 Å². The van der Waals surface area contributed by atoms with Gasteiger partial charge in [-0.25, -0.2) is 4.98 Å². The average molecular weight is 423 g/mol. The summed E-state index contributed by atoms with van der Waals surface area (Å²) < 4.78 is 11.0. The Bertz CT molecular complexity index is 1080. The highest BCUT2D eigenvalue weighted by Crippen LogP contribution is 2.30. The quantitative estimate of drug-likeness (QED) is 0.647. The Kier molecular flexibility index (Phi) is 5.54. The van der Waals surface area contributed by atoms with Crippen molar-refractivity contribution in [3.63, 3.8) is 0 Å². The summed E-state index contributed by atoms with van der Waals surface area (Å²) in [6, 6.07) is 9.03. The van der Waals surface area contributed by atoms with E-state index in [1.54, 1.807) is 18.2 Å². The van der Waals surface area contributed by atoms with Crippen molar-refractivity contribution in [2.75, 3.05) is 62.4 Å². The third-order valence-corrected chi connectivity index (χ3v) is 5.68. The van der Waals surface area contributed by atoms with Crippen LogP contribution >= 0.6 is 0 Å². The van der Waals surface area contributed by atoms with Crippen LogP contribution in [0.4, 0.5) is 11.8 Å². The number of hydrogen-bond acceptors (Lipinski definition) is 9. The van der Waals surface area contributed by atoms with E-state index < -0.39 is 0 Å². The van der Waals surface area contributed by atoms with Gasteiger partial charge in [-0.15, -0.1) is 0 Å². The second-order valence-electron chi connectivity index (χ2n) is 7.62. The molecule has 31 heavy (non-hydrogen) atoms. The van der Waals surface area contributed by atoms with Crippen molar-refractivity contribution in [2.24, 2.45) is 0 Å². The molecule has 0 bridgehead atoms. The highest BCUT2D eigenvalue weighted by atomic mass is 16.5. The highest BCUT2D eigenvalue weighted by molar-refractivity contribution is 5.90. The number of morpholine rings is 2. The summed E-state index contributed by atoms with van der Waals surface area (Å²) in [5.74, 6) is 1.60. The first-order chi connectivity index (χ1) is 15.2. The number of phenols is 1.